The molecule has 39 heteroatoms. The monoisotopic (exact) mass is 2110 g/mol. The average Bonchev–Trinajstić information content (AvgIpc) is 1.62. The van der Waals surface area contributed by atoms with E-state index in [1.54, 1.807) is 97.9 Å². The minimum atomic E-state index is -4.86. The van der Waals surface area contributed by atoms with E-state index < -0.39 is 60.1 Å². The van der Waals surface area contributed by atoms with Gasteiger partial charge in [0.15, 0.2) is 57.9 Å². The molecule has 5 N–H and O–H groups in total. The van der Waals surface area contributed by atoms with Crippen molar-refractivity contribution in [2.45, 2.75) is 72.2 Å². The van der Waals surface area contributed by atoms with Crippen molar-refractivity contribution in [1.82, 2.24) is 49.8 Å². The summed E-state index contributed by atoms with van der Waals surface area (Å²) in [6.45, 7) is 9.13. The molecule has 0 spiro atoms. The molecule has 20 aromatic rings. The highest BCUT2D eigenvalue weighted by atomic mass is 79.9. The summed E-state index contributed by atoms with van der Waals surface area (Å²) in [7, 11) is 0. The Morgan fingerprint density at radius 1 is 0.279 bits per heavy atom. The summed E-state index contributed by atoms with van der Waals surface area (Å²) in [5.41, 5.74) is 9.87. The maximum absolute atomic E-state index is 13.3. The summed E-state index contributed by atoms with van der Waals surface area (Å²) >= 11 is 9.33. The lowest BCUT2D eigenvalue weighted by Gasteiger charge is -2.11. The Labute approximate surface area is 834 Å². The smallest absolute Gasteiger partial charge is 0.453 e. The molecule has 748 valence electrons. The van der Waals surface area contributed by atoms with E-state index in [0.717, 1.165) is 96.4 Å². The first-order chi connectivity index (χ1) is 69.8. The molecule has 0 amide bonds. The van der Waals surface area contributed by atoms with Gasteiger partial charge in [-0.15, -0.1) is 45.9 Å². The zero-order chi connectivity index (χ0) is 105. The summed E-state index contributed by atoms with van der Waals surface area (Å²) in [5.74, 6) is 5.70. The van der Waals surface area contributed by atoms with Crippen molar-refractivity contribution in [3.05, 3.63) is 369 Å². The third-order valence-corrected chi connectivity index (χ3v) is 22.7. The highest BCUT2D eigenvalue weighted by Gasteiger charge is 2.39. The fourth-order valence-electron chi connectivity index (χ4n) is 15.2. The average molecular weight is 2110 g/mol. The van der Waals surface area contributed by atoms with Gasteiger partial charge < -0.3 is 61.2 Å². The molecule has 10 aromatic heterocycles. The minimum absolute atomic E-state index is 0.00217. The van der Waals surface area contributed by atoms with Crippen LogP contribution in [0.1, 0.15) is 50.7 Å². The van der Waals surface area contributed by atoms with Crippen molar-refractivity contribution >= 4 is 27.5 Å². The van der Waals surface area contributed by atoms with Gasteiger partial charge in [-0.2, -0.15) is 39.5 Å². The molecule has 18 nitrogen and oxygen atoms in total. The second kappa shape index (κ2) is 42.5. The molecular formula is C108H71BrClF19N10O8. The lowest BCUT2D eigenvalue weighted by atomic mass is 10.1. The van der Waals surface area contributed by atoms with Crippen LogP contribution in [-0.2, 0) is 18.5 Å². The summed E-state index contributed by atoms with van der Waals surface area (Å²) in [6, 6.07) is 76.1. The molecule has 10 heterocycles. The highest BCUT2D eigenvalue weighted by Crippen LogP contribution is 2.46. The first-order valence-electron chi connectivity index (χ1n) is 43.6. The number of hydrogen-bond donors (Lipinski definition) is 5. The molecule has 0 bridgehead atoms. The van der Waals surface area contributed by atoms with Crippen LogP contribution >= 0.6 is 27.5 Å². The van der Waals surface area contributed by atoms with Crippen molar-refractivity contribution in [3.8, 4) is 200 Å². The zero-order valence-electron chi connectivity index (χ0n) is 76.4. The van der Waals surface area contributed by atoms with Crippen molar-refractivity contribution in [1.29, 1.82) is 0 Å². The van der Waals surface area contributed by atoms with Crippen LogP contribution in [0.4, 0.5) is 83.4 Å². The van der Waals surface area contributed by atoms with Gasteiger partial charge in [-0.05, 0) is 217 Å². The van der Waals surface area contributed by atoms with Crippen molar-refractivity contribution in [2.75, 3.05) is 0 Å². The van der Waals surface area contributed by atoms with Crippen LogP contribution < -0.4 is 14.2 Å². The summed E-state index contributed by atoms with van der Waals surface area (Å²) in [4.78, 5) is 38.1. The molecule has 0 unspecified atom stereocenters. The number of benzene rings is 10. The predicted octanol–water partition coefficient (Wildman–Crippen LogP) is 33.8. The Kier molecular flexibility index (Phi) is 29.8. The Bertz CT molecular complexity index is 7860. The number of aromatic amines is 5. The molecular weight excluding hydrogens is 2040 g/mol. The van der Waals surface area contributed by atoms with E-state index in [2.05, 4.69) is 85.9 Å². The lowest BCUT2D eigenvalue weighted by molar-refractivity contribution is -0.275. The number of alkyl halides is 18. The van der Waals surface area contributed by atoms with E-state index in [-0.39, 0.29) is 85.5 Å². The van der Waals surface area contributed by atoms with E-state index >= 15 is 0 Å². The zero-order valence-corrected chi connectivity index (χ0v) is 78.7. The van der Waals surface area contributed by atoms with Gasteiger partial charge in [-0.25, -0.2) is 29.3 Å². The van der Waals surface area contributed by atoms with Gasteiger partial charge in [0.25, 0.3) is 0 Å². The van der Waals surface area contributed by atoms with E-state index in [9.17, 15) is 83.4 Å². The Morgan fingerprint density at radius 3 is 0.776 bits per heavy atom. The fourth-order valence-corrected chi connectivity index (χ4v) is 15.6. The van der Waals surface area contributed by atoms with Crippen LogP contribution in [0.25, 0.3) is 171 Å². The molecule has 0 saturated heterocycles. The van der Waals surface area contributed by atoms with Crippen LogP contribution in [-0.4, -0.2) is 68.9 Å². The normalized spacial score (nSPS) is 11.7. The predicted molar refractivity (Wildman–Crippen MR) is 515 cm³/mol. The summed E-state index contributed by atoms with van der Waals surface area (Å²) < 4.78 is 287. The van der Waals surface area contributed by atoms with Gasteiger partial charge in [0.2, 0.25) is 0 Å². The van der Waals surface area contributed by atoms with Crippen molar-refractivity contribution < 1.29 is 120 Å². The number of furan rings is 5. The van der Waals surface area contributed by atoms with E-state index in [1.807, 2.05) is 88.4 Å². The molecule has 0 radical (unpaired) electrons. The maximum atomic E-state index is 13.3. The number of aryl methyl sites for hydroxylation is 5. The van der Waals surface area contributed by atoms with Crippen LogP contribution in [0.3, 0.4) is 0 Å². The summed E-state index contributed by atoms with van der Waals surface area (Å²) in [5, 5.41) is 0.623. The molecule has 0 saturated carbocycles. The van der Waals surface area contributed by atoms with Crippen molar-refractivity contribution in [3.63, 3.8) is 0 Å². The SMILES string of the molecule is C#Cc1ccc(-c2nc(-c3ccc(-c4ccccc4C(F)(F)F)o3)[nH]c2C)cc1.Cc1[nH]c(-c2ccc(-c3ccccc3C(F)(F)F)o2)nc1-c1ccc(Br)cc1.Cc1[nH]c(-c2ccc(-c3ccccc3OC(F)(F)F)o2)nc1-c1ccc(C(F)(F)F)cc1.Cc1[nH]c(-c2ccc(-c3ccccc3OC(F)(F)F)o2)nc1-c1ccc(Cl)cc1.Cc1[nH]c(-c2ccc(-c3ccccc3OC(F)(F)F)o2)nc1-c1ccc(F)cc1. The highest BCUT2D eigenvalue weighted by molar-refractivity contribution is 9.10. The molecule has 0 fully saturated rings. The van der Waals surface area contributed by atoms with Crippen LogP contribution in [0.5, 0.6) is 17.2 Å². The fraction of sp³-hybridized carbons (Fsp3) is 0.102. The Hall–Kier alpha value is -17.0. The van der Waals surface area contributed by atoms with Crippen LogP contribution in [0.15, 0.2) is 330 Å². The molecule has 20 rings (SSSR count). The van der Waals surface area contributed by atoms with Gasteiger partial charge in [0.05, 0.1) is 61.9 Å². The number of imidazole rings is 5. The third kappa shape index (κ3) is 25.1. The Balaban J connectivity index is 0.000000131. The quantitative estimate of drug-likeness (QED) is 0.0397. The molecule has 0 aliphatic carbocycles. The number of halogens is 21. The van der Waals surface area contributed by atoms with E-state index in [4.69, 9.17) is 40.1 Å². The molecule has 0 atom stereocenters. The number of para-hydroxylation sites is 3. The number of nitrogens with zero attached hydrogens (tertiary/aromatic N) is 5. The third-order valence-electron chi connectivity index (χ3n) is 21.9. The van der Waals surface area contributed by atoms with Gasteiger partial charge in [-0.3, -0.25) is 0 Å². The topological polar surface area (TPSA) is 237 Å². The van der Waals surface area contributed by atoms with E-state index in [1.165, 1.54) is 127 Å². The number of rotatable bonds is 18. The first kappa shape index (κ1) is 103. The first-order valence-corrected chi connectivity index (χ1v) is 44.7. The van der Waals surface area contributed by atoms with Gasteiger partial charge in [0, 0.05) is 82.5 Å². The number of ether oxygens (including phenoxy) is 3. The van der Waals surface area contributed by atoms with Crippen molar-refractivity contribution in [2.24, 2.45) is 0 Å². The van der Waals surface area contributed by atoms with Crippen LogP contribution in [0, 0.1) is 52.8 Å². The number of H-pyrrole nitrogens is 5. The standard InChI is InChI=1S/C23H15F3N2O.C22H14F6N2O2.C21H14BrF3N2O.C21H14ClF3N2O2.C21H14F4N2O2/c1-3-15-8-10-16(11-9-15)21-14(2)27-22(28-21)20-13-12-19(29-20)17-6-4-5-7-18(17)23(24,25)26;1-12-19(13-6-8-14(9-7-13)21(23,24)25)30-20(29-12)18-11-10-16(31-18)15-4-2-3-5-17(15)32-22(26,27)28;1-12-19(13-6-8-14(22)9-7-13)27-20(26-12)18-11-10-17(28-18)15-4-2-3-5-16(15)21(23,24)25;2*1-12-19(13-6-8-14(22)9-7-13)27-20(26-12)18-11-10-16(28-18)15-4-2-3-5-17(15)29-21(23,24)25/h1,4-13H,2H3,(H,27,28);2-11H,1H3,(H,29,30);2-11H,1H3,(H,26,27);2*2-11H,1H3,(H,26,27). The minimum Gasteiger partial charge on any atom is -0.453 e. The van der Waals surface area contributed by atoms with Gasteiger partial charge in [0.1, 0.15) is 51.9 Å². The second-order valence-electron chi connectivity index (χ2n) is 32.2. The molecule has 10 aromatic carbocycles. The number of aromatic nitrogens is 10. The molecule has 0 aliphatic rings. The second-order valence-corrected chi connectivity index (χ2v) is 33.5. The largest absolute Gasteiger partial charge is 0.573 e. The summed E-state index contributed by atoms with van der Waals surface area (Å²) in [6.07, 6.45) is -22.5. The maximum Gasteiger partial charge on any atom is 0.573 e. The van der Waals surface area contributed by atoms with Gasteiger partial charge >= 0.3 is 37.6 Å². The van der Waals surface area contributed by atoms with E-state index in [0.29, 0.717) is 74.0 Å². The lowest BCUT2D eigenvalue weighted by Crippen LogP contribution is -2.17. The molecule has 147 heavy (non-hydrogen) atoms. The van der Waals surface area contributed by atoms with Crippen LogP contribution in [0.2, 0.25) is 5.02 Å². The molecule has 0 aliphatic heterocycles. The number of terminal acetylenes is 1. The van der Waals surface area contributed by atoms with Gasteiger partial charge in [-0.1, -0.05) is 155 Å². The Morgan fingerprint density at radius 2 is 0.510 bits per heavy atom. The number of hydrogen-bond acceptors (Lipinski definition) is 13. The number of nitrogens with one attached hydrogen (secondary N) is 5.